The van der Waals surface area contributed by atoms with Gasteiger partial charge in [-0.2, -0.15) is 5.10 Å². The van der Waals surface area contributed by atoms with Crippen molar-refractivity contribution in [3.8, 4) is 11.5 Å². The van der Waals surface area contributed by atoms with Crippen LogP contribution in [-0.2, 0) is 0 Å². The molecule has 0 aliphatic rings. The Kier molecular flexibility index (Phi) is 5.74. The number of hydrogen-bond donors (Lipinski definition) is 1. The average Bonchev–Trinajstić information content (AvgIpc) is 2.62. The van der Waals surface area contributed by atoms with E-state index in [2.05, 4.69) is 10.5 Å². The molecule has 0 radical (unpaired) electrons. The van der Waals surface area contributed by atoms with E-state index in [1.165, 1.54) is 7.11 Å². The molecular formula is C18H20N2O3. The third-order valence-corrected chi connectivity index (χ3v) is 3.40. The van der Waals surface area contributed by atoms with Gasteiger partial charge in [0, 0.05) is 0 Å². The first kappa shape index (κ1) is 16.5. The molecule has 0 heterocycles. The van der Waals surface area contributed by atoms with Gasteiger partial charge in [0.1, 0.15) is 11.5 Å². The van der Waals surface area contributed by atoms with Crippen molar-refractivity contribution < 1.29 is 14.3 Å². The van der Waals surface area contributed by atoms with Gasteiger partial charge in [-0.15, -0.1) is 0 Å². The largest absolute Gasteiger partial charge is 0.497 e. The van der Waals surface area contributed by atoms with E-state index in [0.29, 0.717) is 17.7 Å². The first-order chi connectivity index (χ1) is 11.2. The van der Waals surface area contributed by atoms with Crippen LogP contribution in [0.1, 0.15) is 29.3 Å². The van der Waals surface area contributed by atoms with Gasteiger partial charge in [0.25, 0.3) is 5.91 Å². The van der Waals surface area contributed by atoms with Gasteiger partial charge in [-0.3, -0.25) is 4.79 Å². The van der Waals surface area contributed by atoms with Crippen molar-refractivity contribution in [2.24, 2.45) is 5.10 Å². The number of rotatable bonds is 6. The van der Waals surface area contributed by atoms with Gasteiger partial charge >= 0.3 is 0 Å². The SMILES string of the molecule is CCC(=NNC(=O)c1ccccc1OC)c1ccc(OC)cc1. The number of para-hydroxylation sites is 1. The van der Waals surface area contributed by atoms with E-state index in [4.69, 9.17) is 9.47 Å². The normalized spacial score (nSPS) is 11.0. The zero-order chi connectivity index (χ0) is 16.7. The molecule has 0 atom stereocenters. The van der Waals surface area contributed by atoms with Crippen molar-refractivity contribution in [1.29, 1.82) is 0 Å². The lowest BCUT2D eigenvalue weighted by Crippen LogP contribution is -2.20. The number of hydrogen-bond acceptors (Lipinski definition) is 4. The Morgan fingerprint density at radius 3 is 2.35 bits per heavy atom. The third-order valence-electron chi connectivity index (χ3n) is 3.40. The molecule has 23 heavy (non-hydrogen) atoms. The molecule has 2 aromatic carbocycles. The van der Waals surface area contributed by atoms with Crippen LogP contribution in [-0.4, -0.2) is 25.8 Å². The summed E-state index contributed by atoms with van der Waals surface area (Å²) in [5.74, 6) is 0.992. The molecule has 5 heteroatoms. The highest BCUT2D eigenvalue weighted by molar-refractivity contribution is 6.02. The van der Waals surface area contributed by atoms with Crippen LogP contribution in [0.5, 0.6) is 11.5 Å². The lowest BCUT2D eigenvalue weighted by atomic mass is 10.1. The number of nitrogens with zero attached hydrogens (tertiary/aromatic N) is 1. The molecule has 1 amide bonds. The van der Waals surface area contributed by atoms with E-state index in [9.17, 15) is 4.79 Å². The quantitative estimate of drug-likeness (QED) is 0.658. The Hall–Kier alpha value is -2.82. The number of benzene rings is 2. The molecule has 0 aliphatic carbocycles. The maximum Gasteiger partial charge on any atom is 0.275 e. The van der Waals surface area contributed by atoms with Crippen LogP contribution in [0, 0.1) is 0 Å². The molecule has 0 unspecified atom stereocenters. The molecule has 2 aromatic rings. The molecule has 0 aliphatic heterocycles. The van der Waals surface area contributed by atoms with Gasteiger partial charge in [0.15, 0.2) is 0 Å². The van der Waals surface area contributed by atoms with E-state index in [-0.39, 0.29) is 5.91 Å². The predicted molar refractivity (Wildman–Crippen MR) is 90.3 cm³/mol. The molecule has 2 rings (SSSR count). The highest BCUT2D eigenvalue weighted by Gasteiger charge is 2.11. The van der Waals surface area contributed by atoms with E-state index in [1.54, 1.807) is 25.3 Å². The van der Waals surface area contributed by atoms with Crippen LogP contribution in [0.25, 0.3) is 0 Å². The van der Waals surface area contributed by atoms with Crippen LogP contribution in [0.3, 0.4) is 0 Å². The van der Waals surface area contributed by atoms with Crippen LogP contribution in [0.2, 0.25) is 0 Å². The number of hydrazone groups is 1. The first-order valence-electron chi connectivity index (χ1n) is 7.34. The summed E-state index contributed by atoms with van der Waals surface area (Å²) in [7, 11) is 3.15. The first-order valence-corrected chi connectivity index (χ1v) is 7.34. The summed E-state index contributed by atoms with van der Waals surface area (Å²) in [5.41, 5.74) is 4.76. The number of nitrogens with one attached hydrogen (secondary N) is 1. The Labute approximate surface area is 135 Å². The van der Waals surface area contributed by atoms with Crippen LogP contribution >= 0.6 is 0 Å². The lowest BCUT2D eigenvalue weighted by Gasteiger charge is -2.08. The van der Waals surface area contributed by atoms with Crippen LogP contribution in [0.4, 0.5) is 0 Å². The summed E-state index contributed by atoms with van der Waals surface area (Å²) in [6, 6.07) is 14.6. The second-order valence-electron chi connectivity index (χ2n) is 4.78. The average molecular weight is 312 g/mol. The summed E-state index contributed by atoms with van der Waals surface area (Å²) in [6.45, 7) is 1.98. The van der Waals surface area contributed by atoms with Crippen LogP contribution < -0.4 is 14.9 Å². The molecule has 0 bridgehead atoms. The fraction of sp³-hybridized carbons (Fsp3) is 0.222. The number of methoxy groups -OCH3 is 2. The zero-order valence-corrected chi connectivity index (χ0v) is 13.5. The monoisotopic (exact) mass is 312 g/mol. The van der Waals surface area contributed by atoms with Gasteiger partial charge in [0.05, 0.1) is 25.5 Å². The Morgan fingerprint density at radius 1 is 1.04 bits per heavy atom. The minimum Gasteiger partial charge on any atom is -0.497 e. The third kappa shape index (κ3) is 4.10. The van der Waals surface area contributed by atoms with Gasteiger partial charge in [0.2, 0.25) is 0 Å². The summed E-state index contributed by atoms with van der Waals surface area (Å²) < 4.78 is 10.3. The van der Waals surface area contributed by atoms with Crippen molar-refractivity contribution in [2.75, 3.05) is 14.2 Å². The maximum atomic E-state index is 12.3. The number of carbonyl (C=O) groups excluding carboxylic acids is 1. The molecule has 1 N–H and O–H groups in total. The highest BCUT2D eigenvalue weighted by Crippen LogP contribution is 2.17. The van der Waals surface area contributed by atoms with E-state index >= 15 is 0 Å². The van der Waals surface area contributed by atoms with Crippen molar-refractivity contribution >= 4 is 11.6 Å². The van der Waals surface area contributed by atoms with Gasteiger partial charge in [-0.05, 0) is 48.4 Å². The summed E-state index contributed by atoms with van der Waals surface area (Å²) in [6.07, 6.45) is 0.693. The minimum absolute atomic E-state index is 0.304. The molecule has 5 nitrogen and oxygen atoms in total. The fourth-order valence-electron chi connectivity index (χ4n) is 2.14. The molecule has 0 saturated heterocycles. The fourth-order valence-corrected chi connectivity index (χ4v) is 2.14. The molecular weight excluding hydrogens is 292 g/mol. The van der Waals surface area contributed by atoms with Crippen molar-refractivity contribution in [3.05, 3.63) is 59.7 Å². The molecule has 0 spiro atoms. The van der Waals surface area contributed by atoms with Gasteiger partial charge < -0.3 is 9.47 Å². The van der Waals surface area contributed by atoms with Crippen molar-refractivity contribution in [3.63, 3.8) is 0 Å². The predicted octanol–water partition coefficient (Wildman–Crippen LogP) is 3.25. The second kappa shape index (κ2) is 7.98. The van der Waals surface area contributed by atoms with E-state index in [0.717, 1.165) is 17.0 Å². The lowest BCUT2D eigenvalue weighted by molar-refractivity contribution is 0.0952. The highest BCUT2D eigenvalue weighted by atomic mass is 16.5. The number of amides is 1. The topological polar surface area (TPSA) is 59.9 Å². The van der Waals surface area contributed by atoms with Gasteiger partial charge in [-0.1, -0.05) is 19.1 Å². The summed E-state index contributed by atoms with van der Waals surface area (Å²) in [5, 5.41) is 4.24. The Morgan fingerprint density at radius 2 is 1.74 bits per heavy atom. The van der Waals surface area contributed by atoms with Gasteiger partial charge in [-0.25, -0.2) is 5.43 Å². The van der Waals surface area contributed by atoms with Crippen molar-refractivity contribution in [1.82, 2.24) is 5.43 Å². The zero-order valence-electron chi connectivity index (χ0n) is 13.5. The number of ether oxygens (including phenoxy) is 2. The van der Waals surface area contributed by atoms with Crippen LogP contribution in [0.15, 0.2) is 53.6 Å². The number of carbonyl (C=O) groups is 1. The molecule has 0 aromatic heterocycles. The maximum absolute atomic E-state index is 12.3. The Bertz CT molecular complexity index is 694. The molecule has 0 saturated carbocycles. The van der Waals surface area contributed by atoms with Crippen molar-refractivity contribution in [2.45, 2.75) is 13.3 Å². The summed E-state index contributed by atoms with van der Waals surface area (Å²) in [4.78, 5) is 12.3. The Balaban J connectivity index is 2.16. The van der Waals surface area contributed by atoms with E-state index in [1.807, 2.05) is 37.3 Å². The smallest absolute Gasteiger partial charge is 0.275 e. The molecule has 0 fully saturated rings. The van der Waals surface area contributed by atoms with E-state index < -0.39 is 0 Å². The standard InChI is InChI=1S/C18H20N2O3/c1-4-16(13-9-11-14(22-2)12-10-13)19-20-18(21)15-7-5-6-8-17(15)23-3/h5-12H,4H2,1-3H3,(H,20,21). The summed E-state index contributed by atoms with van der Waals surface area (Å²) >= 11 is 0. The minimum atomic E-state index is -0.304. The molecule has 120 valence electrons. The second-order valence-corrected chi connectivity index (χ2v) is 4.78.